The number of primary amides is 1. The molecule has 0 fully saturated rings. The van der Waals surface area contributed by atoms with E-state index in [-0.39, 0.29) is 19.9 Å². The number of anilines is 1. The Morgan fingerprint density at radius 1 is 1.08 bits per heavy atom. The first kappa shape index (κ1) is 17.3. The third-order valence-electron chi connectivity index (χ3n) is 3.20. The number of rotatable bonds is 8. The van der Waals surface area contributed by atoms with Crippen molar-refractivity contribution in [3.8, 4) is 11.5 Å². The molecule has 1 radical (unpaired) electrons. The maximum Gasteiger partial charge on any atom is 0.322 e. The fourth-order valence-electron chi connectivity index (χ4n) is 2.04. The number of carbonyl (C=O) groups excluding carboxylic acids is 2. The zero-order valence-electron chi connectivity index (χ0n) is 12.8. The van der Waals surface area contributed by atoms with Crippen LogP contribution in [0.4, 0.5) is 10.5 Å². The van der Waals surface area contributed by atoms with Crippen LogP contribution in [0.3, 0.4) is 0 Å². The van der Waals surface area contributed by atoms with Crippen molar-refractivity contribution in [2.75, 3.05) is 18.2 Å². The van der Waals surface area contributed by atoms with Crippen LogP contribution in [0.2, 0.25) is 0 Å². The molecule has 2 aromatic rings. The van der Waals surface area contributed by atoms with Gasteiger partial charge in [-0.25, -0.2) is 4.79 Å². The molecule has 0 atom stereocenters. The Labute approximate surface area is 139 Å². The van der Waals surface area contributed by atoms with Gasteiger partial charge in [-0.1, -0.05) is 18.2 Å². The lowest BCUT2D eigenvalue weighted by Crippen LogP contribution is -2.39. The van der Waals surface area contributed by atoms with Gasteiger partial charge >= 0.3 is 6.03 Å². The summed E-state index contributed by atoms with van der Waals surface area (Å²) in [4.78, 5) is 23.0. The molecule has 2 rings (SSSR count). The molecule has 2 aromatic carbocycles. The Bertz CT molecular complexity index is 688. The third kappa shape index (κ3) is 4.47. The molecule has 2 amide bonds. The number of aliphatic hydroxyl groups excluding tert-OH is 1. The number of amides is 2. The fraction of sp³-hybridized carbons (Fsp3) is 0.176. The Kier molecular flexibility index (Phi) is 6.16. The van der Waals surface area contributed by atoms with Gasteiger partial charge in [0.1, 0.15) is 11.5 Å². The number of ether oxygens (including phenoxy) is 2. The van der Waals surface area contributed by atoms with E-state index in [9.17, 15) is 14.7 Å². The number of hydrogen-bond donors (Lipinski definition) is 2. The molecule has 0 saturated heterocycles. The van der Waals surface area contributed by atoms with E-state index < -0.39 is 6.03 Å². The van der Waals surface area contributed by atoms with E-state index >= 15 is 0 Å². The van der Waals surface area contributed by atoms with Gasteiger partial charge in [-0.2, -0.15) is 0 Å². The second-order valence-corrected chi connectivity index (χ2v) is 4.73. The highest BCUT2D eigenvalue weighted by atomic mass is 16.5. The van der Waals surface area contributed by atoms with Crippen LogP contribution in [0, 0.1) is 0 Å². The molecule has 7 heteroatoms. The average Bonchev–Trinajstić information content (AvgIpc) is 2.61. The van der Waals surface area contributed by atoms with E-state index in [0.717, 1.165) is 0 Å². The van der Waals surface area contributed by atoms with Gasteiger partial charge in [-0.15, -0.1) is 0 Å². The lowest BCUT2D eigenvalue weighted by molar-refractivity contribution is 0.242. The molecule has 0 aromatic heterocycles. The van der Waals surface area contributed by atoms with Crippen LogP contribution in [-0.2, 0) is 11.4 Å². The topological polar surface area (TPSA) is 102 Å². The summed E-state index contributed by atoms with van der Waals surface area (Å²) in [7, 11) is 0. The quantitative estimate of drug-likeness (QED) is 0.716. The third-order valence-corrected chi connectivity index (χ3v) is 3.20. The lowest BCUT2D eigenvalue weighted by Gasteiger charge is -2.23. The molecule has 0 aliphatic rings. The maximum absolute atomic E-state index is 11.7. The maximum atomic E-state index is 11.7. The lowest BCUT2D eigenvalue weighted by atomic mass is 10.2. The number of aliphatic hydroxyl groups is 1. The summed E-state index contributed by atoms with van der Waals surface area (Å²) in [6, 6.07) is 12.7. The van der Waals surface area contributed by atoms with Crippen LogP contribution in [0.15, 0.2) is 48.5 Å². The minimum absolute atomic E-state index is 0.116. The summed E-state index contributed by atoms with van der Waals surface area (Å²) in [6.07, 6.45) is 1.63. The number of hydrogen-bond acceptors (Lipinski definition) is 5. The van der Waals surface area contributed by atoms with Gasteiger partial charge in [0.05, 0.1) is 12.3 Å². The first-order valence-corrected chi connectivity index (χ1v) is 7.12. The van der Waals surface area contributed by atoms with Gasteiger partial charge in [0, 0.05) is 5.56 Å². The van der Waals surface area contributed by atoms with Gasteiger partial charge in [0.25, 0.3) is 0 Å². The van der Waals surface area contributed by atoms with Crippen molar-refractivity contribution < 1.29 is 24.2 Å². The van der Waals surface area contributed by atoms with Crippen molar-refractivity contribution in [3.63, 3.8) is 0 Å². The van der Waals surface area contributed by atoms with Crippen molar-refractivity contribution in [2.45, 2.75) is 6.61 Å². The molecule has 0 bridgehead atoms. The summed E-state index contributed by atoms with van der Waals surface area (Å²) in [6.45, 7) is -0.484. The summed E-state index contributed by atoms with van der Waals surface area (Å²) < 4.78 is 10.6. The molecule has 7 nitrogen and oxygen atoms in total. The van der Waals surface area contributed by atoms with E-state index in [1.807, 2.05) is 0 Å². The van der Waals surface area contributed by atoms with E-state index in [0.29, 0.717) is 22.7 Å². The van der Waals surface area contributed by atoms with Gasteiger partial charge in [-0.3, -0.25) is 9.69 Å². The molecule has 0 saturated carbocycles. The molecule has 0 unspecified atom stereocenters. The molecule has 0 spiro atoms. The second kappa shape index (κ2) is 8.54. The van der Waals surface area contributed by atoms with Crippen LogP contribution in [-0.4, -0.2) is 30.8 Å². The standard InChI is InChI=1S/C17H17N2O5/c18-17(22)19(16-4-2-1-3-13(16)11-21)12-24-15-7-5-14(6-8-15)23-10-9-20/h1-8,21H,10-12H2,(H2,18,22). The van der Waals surface area contributed by atoms with E-state index in [1.54, 1.807) is 54.8 Å². The molecule has 3 N–H and O–H groups in total. The molecule has 0 aliphatic heterocycles. The van der Waals surface area contributed by atoms with Crippen molar-refractivity contribution in [3.05, 3.63) is 54.1 Å². The highest BCUT2D eigenvalue weighted by Gasteiger charge is 2.16. The van der Waals surface area contributed by atoms with Crippen LogP contribution in [0.25, 0.3) is 0 Å². The van der Waals surface area contributed by atoms with Crippen LogP contribution < -0.4 is 20.1 Å². The zero-order valence-corrected chi connectivity index (χ0v) is 12.8. The predicted molar refractivity (Wildman–Crippen MR) is 87.6 cm³/mol. The molecule has 0 heterocycles. The van der Waals surface area contributed by atoms with Crippen LogP contribution >= 0.6 is 0 Å². The van der Waals surface area contributed by atoms with Crippen LogP contribution in [0.1, 0.15) is 5.56 Å². The normalized spacial score (nSPS) is 10.0. The number of nitrogens with two attached hydrogens (primary N) is 1. The first-order valence-electron chi connectivity index (χ1n) is 7.12. The number of nitrogens with zero attached hydrogens (tertiary/aromatic N) is 1. The van der Waals surface area contributed by atoms with Crippen molar-refractivity contribution in [1.82, 2.24) is 0 Å². The molecule has 24 heavy (non-hydrogen) atoms. The van der Waals surface area contributed by atoms with Gasteiger partial charge in [-0.05, 0) is 30.3 Å². The molecular formula is C17H17N2O5. The van der Waals surface area contributed by atoms with Crippen molar-refractivity contribution >= 4 is 18.0 Å². The Balaban J connectivity index is 2.06. The van der Waals surface area contributed by atoms with E-state index in [1.165, 1.54) is 4.90 Å². The summed E-state index contributed by atoms with van der Waals surface area (Å²) >= 11 is 0. The highest BCUT2D eigenvalue weighted by molar-refractivity contribution is 5.91. The summed E-state index contributed by atoms with van der Waals surface area (Å²) in [5, 5.41) is 9.37. The Morgan fingerprint density at radius 2 is 1.71 bits per heavy atom. The van der Waals surface area contributed by atoms with E-state index in [2.05, 4.69) is 0 Å². The summed E-state index contributed by atoms with van der Waals surface area (Å²) in [5.41, 5.74) is 6.45. The number of para-hydroxylation sites is 1. The van der Waals surface area contributed by atoms with Crippen molar-refractivity contribution in [1.29, 1.82) is 0 Å². The summed E-state index contributed by atoms with van der Waals surface area (Å²) in [5.74, 6) is 0.994. The smallest absolute Gasteiger partial charge is 0.322 e. The molecule has 125 valence electrons. The van der Waals surface area contributed by atoms with Gasteiger partial charge < -0.3 is 20.3 Å². The van der Waals surface area contributed by atoms with E-state index in [4.69, 9.17) is 15.2 Å². The number of benzene rings is 2. The highest BCUT2D eigenvalue weighted by Crippen LogP contribution is 2.22. The first-order chi connectivity index (χ1) is 11.7. The Morgan fingerprint density at radius 3 is 2.29 bits per heavy atom. The zero-order chi connectivity index (χ0) is 17.4. The average molecular weight is 329 g/mol. The predicted octanol–water partition coefficient (Wildman–Crippen LogP) is 1.59. The largest absolute Gasteiger partial charge is 0.485 e. The number of carbonyl (C=O) groups is 1. The SMILES string of the molecule is NC(=O)N(COc1ccc(OC[C]=O)cc1)c1ccccc1CO. The van der Waals surface area contributed by atoms with Gasteiger partial charge in [0.15, 0.2) is 13.3 Å². The molecular weight excluding hydrogens is 312 g/mol. The minimum atomic E-state index is -0.697. The Hall–Kier alpha value is -3.06. The van der Waals surface area contributed by atoms with Crippen molar-refractivity contribution in [2.24, 2.45) is 5.73 Å². The number of urea groups is 1. The monoisotopic (exact) mass is 329 g/mol. The second-order valence-electron chi connectivity index (χ2n) is 4.73. The fourth-order valence-corrected chi connectivity index (χ4v) is 2.04. The van der Waals surface area contributed by atoms with Crippen LogP contribution in [0.5, 0.6) is 11.5 Å². The minimum Gasteiger partial charge on any atom is -0.485 e. The van der Waals surface area contributed by atoms with Gasteiger partial charge in [0.2, 0.25) is 6.29 Å². The molecule has 0 aliphatic carbocycles.